The Bertz CT molecular complexity index is 724. The molecule has 0 aliphatic carbocycles. The second-order valence-corrected chi connectivity index (χ2v) is 5.42. The highest BCUT2D eigenvalue weighted by Gasteiger charge is 1.99. The van der Waals surface area contributed by atoms with Crippen LogP contribution in [0.1, 0.15) is 5.56 Å². The lowest BCUT2D eigenvalue weighted by molar-refractivity contribution is 1.15. The molecule has 0 spiro atoms. The van der Waals surface area contributed by atoms with Crippen molar-refractivity contribution in [3.05, 3.63) is 89.4 Å². The molecular weight excluding hydrogens is 292 g/mol. The summed E-state index contributed by atoms with van der Waals surface area (Å²) in [6, 6.07) is 26.2. The van der Waals surface area contributed by atoms with Gasteiger partial charge in [0.15, 0.2) is 0 Å². The van der Waals surface area contributed by atoms with Crippen molar-refractivity contribution in [1.29, 1.82) is 0 Å². The van der Waals surface area contributed by atoms with Crippen LogP contribution in [0.25, 0.3) is 0 Å². The number of anilines is 3. The van der Waals surface area contributed by atoms with E-state index in [1.54, 1.807) is 0 Å². The molecule has 2 nitrogen and oxygen atoms in total. The number of hydrogen-bond acceptors (Lipinski definition) is 2. The highest BCUT2D eigenvalue weighted by molar-refractivity contribution is 6.31. The Hall–Kier alpha value is -2.45. The first-order valence-electron chi connectivity index (χ1n) is 7.21. The number of hydrogen-bond donors (Lipinski definition) is 2. The average molecular weight is 309 g/mol. The Morgan fingerprint density at radius 3 is 1.95 bits per heavy atom. The van der Waals surface area contributed by atoms with Crippen molar-refractivity contribution < 1.29 is 0 Å². The first-order chi connectivity index (χ1) is 10.8. The van der Waals surface area contributed by atoms with Crippen LogP contribution in [0.15, 0.2) is 78.9 Å². The van der Waals surface area contributed by atoms with Crippen molar-refractivity contribution in [2.45, 2.75) is 6.54 Å². The summed E-state index contributed by atoms with van der Waals surface area (Å²) in [5.74, 6) is 0. The molecule has 3 heteroatoms. The summed E-state index contributed by atoms with van der Waals surface area (Å²) in [5.41, 5.74) is 4.31. The third kappa shape index (κ3) is 3.80. The summed E-state index contributed by atoms with van der Waals surface area (Å²) in [6.07, 6.45) is 0. The minimum absolute atomic E-state index is 0.713. The maximum Gasteiger partial charge on any atom is 0.0455 e. The van der Waals surface area contributed by atoms with Gasteiger partial charge in [-0.05, 0) is 48.0 Å². The third-order valence-electron chi connectivity index (χ3n) is 3.39. The largest absolute Gasteiger partial charge is 0.381 e. The van der Waals surface area contributed by atoms with E-state index in [-0.39, 0.29) is 0 Å². The van der Waals surface area contributed by atoms with Crippen molar-refractivity contribution >= 4 is 28.7 Å². The molecule has 22 heavy (non-hydrogen) atoms. The van der Waals surface area contributed by atoms with E-state index >= 15 is 0 Å². The van der Waals surface area contributed by atoms with Crippen molar-refractivity contribution in [1.82, 2.24) is 0 Å². The normalized spacial score (nSPS) is 10.2. The molecule has 0 radical (unpaired) electrons. The topological polar surface area (TPSA) is 24.1 Å². The first kappa shape index (κ1) is 14.5. The van der Waals surface area contributed by atoms with Gasteiger partial charge in [-0.25, -0.2) is 0 Å². The van der Waals surface area contributed by atoms with Gasteiger partial charge in [0.05, 0.1) is 0 Å². The van der Waals surface area contributed by atoms with Gasteiger partial charge < -0.3 is 10.6 Å². The molecule has 0 saturated carbocycles. The van der Waals surface area contributed by atoms with Gasteiger partial charge in [0.25, 0.3) is 0 Å². The minimum Gasteiger partial charge on any atom is -0.381 e. The molecule has 0 atom stereocenters. The highest BCUT2D eigenvalue weighted by atomic mass is 35.5. The van der Waals surface area contributed by atoms with E-state index in [1.165, 1.54) is 0 Å². The molecule has 0 unspecified atom stereocenters. The summed E-state index contributed by atoms with van der Waals surface area (Å²) >= 11 is 6.16. The summed E-state index contributed by atoms with van der Waals surface area (Å²) in [5, 5.41) is 7.53. The molecule has 0 aromatic heterocycles. The second kappa shape index (κ2) is 7.01. The van der Waals surface area contributed by atoms with Gasteiger partial charge in [-0.2, -0.15) is 0 Å². The zero-order valence-electron chi connectivity index (χ0n) is 12.1. The summed E-state index contributed by atoms with van der Waals surface area (Å²) in [6.45, 7) is 0.713. The summed E-state index contributed by atoms with van der Waals surface area (Å²) in [7, 11) is 0. The van der Waals surface area contributed by atoms with Crippen molar-refractivity contribution in [2.24, 2.45) is 0 Å². The van der Waals surface area contributed by atoms with Crippen molar-refractivity contribution in [3.8, 4) is 0 Å². The van der Waals surface area contributed by atoms with E-state index in [1.807, 2.05) is 54.6 Å². The van der Waals surface area contributed by atoms with Crippen LogP contribution in [0.4, 0.5) is 17.1 Å². The van der Waals surface area contributed by atoms with Crippen LogP contribution >= 0.6 is 11.6 Å². The van der Waals surface area contributed by atoms with Gasteiger partial charge >= 0.3 is 0 Å². The number of rotatable bonds is 5. The molecule has 0 fully saturated rings. The van der Waals surface area contributed by atoms with E-state index in [0.717, 1.165) is 27.6 Å². The van der Waals surface area contributed by atoms with E-state index in [0.29, 0.717) is 6.54 Å². The number of halogens is 1. The van der Waals surface area contributed by atoms with E-state index in [2.05, 4.69) is 34.9 Å². The fourth-order valence-corrected chi connectivity index (χ4v) is 2.40. The Morgan fingerprint density at radius 2 is 1.23 bits per heavy atom. The van der Waals surface area contributed by atoms with E-state index in [9.17, 15) is 0 Å². The molecule has 2 N–H and O–H groups in total. The monoisotopic (exact) mass is 308 g/mol. The Balaban J connectivity index is 1.61. The fraction of sp³-hybridized carbons (Fsp3) is 0.0526. The number of para-hydroxylation sites is 1. The molecule has 0 aliphatic heterocycles. The fourth-order valence-electron chi connectivity index (χ4n) is 2.20. The van der Waals surface area contributed by atoms with E-state index in [4.69, 9.17) is 11.6 Å². The molecule has 0 amide bonds. The molecular formula is C19H17ClN2. The lowest BCUT2D eigenvalue weighted by atomic mass is 10.2. The Labute approximate surface area is 135 Å². The molecule has 3 aromatic carbocycles. The van der Waals surface area contributed by atoms with Crippen LogP contribution in [-0.4, -0.2) is 0 Å². The molecule has 3 aromatic rings. The van der Waals surface area contributed by atoms with Gasteiger partial charge in [-0.3, -0.25) is 0 Å². The summed E-state index contributed by atoms with van der Waals surface area (Å²) in [4.78, 5) is 0. The van der Waals surface area contributed by atoms with E-state index < -0.39 is 0 Å². The van der Waals surface area contributed by atoms with Gasteiger partial charge in [-0.15, -0.1) is 0 Å². The molecule has 0 heterocycles. The van der Waals surface area contributed by atoms with Gasteiger partial charge in [0, 0.05) is 28.6 Å². The average Bonchev–Trinajstić information content (AvgIpc) is 2.56. The predicted octanol–water partition coefficient (Wildman–Crippen LogP) is 5.70. The lowest BCUT2D eigenvalue weighted by Gasteiger charge is -2.10. The van der Waals surface area contributed by atoms with Crippen molar-refractivity contribution in [3.63, 3.8) is 0 Å². The zero-order valence-corrected chi connectivity index (χ0v) is 12.8. The van der Waals surface area contributed by atoms with Crippen molar-refractivity contribution in [2.75, 3.05) is 10.6 Å². The minimum atomic E-state index is 0.713. The van der Waals surface area contributed by atoms with Gasteiger partial charge in [0.1, 0.15) is 0 Å². The highest BCUT2D eigenvalue weighted by Crippen LogP contribution is 2.20. The van der Waals surface area contributed by atoms with Crippen LogP contribution in [0, 0.1) is 0 Å². The van der Waals surface area contributed by atoms with Gasteiger partial charge in [0.2, 0.25) is 0 Å². The summed E-state index contributed by atoms with van der Waals surface area (Å²) < 4.78 is 0. The van der Waals surface area contributed by atoms with Crippen LogP contribution in [-0.2, 0) is 6.54 Å². The molecule has 0 bridgehead atoms. The number of benzene rings is 3. The lowest BCUT2D eigenvalue weighted by Crippen LogP contribution is -2.00. The maximum absolute atomic E-state index is 6.16. The Morgan fingerprint density at radius 1 is 0.636 bits per heavy atom. The van der Waals surface area contributed by atoms with Gasteiger partial charge in [-0.1, -0.05) is 48.0 Å². The maximum atomic E-state index is 6.16. The van der Waals surface area contributed by atoms with Crippen LogP contribution in [0.3, 0.4) is 0 Å². The second-order valence-electron chi connectivity index (χ2n) is 5.01. The third-order valence-corrected chi connectivity index (χ3v) is 3.76. The molecule has 110 valence electrons. The SMILES string of the molecule is Clc1ccccc1CNc1ccc(Nc2ccccc2)cc1. The van der Waals surface area contributed by atoms with Crippen LogP contribution in [0.2, 0.25) is 5.02 Å². The van der Waals surface area contributed by atoms with Crippen LogP contribution < -0.4 is 10.6 Å². The Kier molecular flexibility index (Phi) is 4.62. The zero-order chi connectivity index (χ0) is 15.2. The molecule has 3 rings (SSSR count). The smallest absolute Gasteiger partial charge is 0.0455 e. The van der Waals surface area contributed by atoms with Crippen LogP contribution in [0.5, 0.6) is 0 Å². The standard InChI is InChI=1S/C19H17ClN2/c20-19-9-5-4-6-15(19)14-21-16-10-12-18(13-11-16)22-17-7-2-1-3-8-17/h1-13,21-22H,14H2. The first-order valence-corrected chi connectivity index (χ1v) is 7.58. The quantitative estimate of drug-likeness (QED) is 0.632. The number of nitrogens with one attached hydrogen (secondary N) is 2. The molecule has 0 saturated heterocycles. The predicted molar refractivity (Wildman–Crippen MR) is 94.9 cm³/mol. The molecule has 0 aliphatic rings.